The molecule has 0 amide bonds. The average Bonchev–Trinajstić information content (AvgIpc) is 3.20. The topological polar surface area (TPSA) is 95.3 Å². The van der Waals surface area contributed by atoms with E-state index in [1.165, 1.54) is 0 Å². The monoisotopic (exact) mass is 674 g/mol. The molecule has 0 saturated heterocycles. The van der Waals surface area contributed by atoms with E-state index in [1.807, 2.05) is 37.3 Å². The first kappa shape index (κ1) is 34.5. The van der Waals surface area contributed by atoms with Gasteiger partial charge >= 0.3 is 0 Å². The van der Waals surface area contributed by atoms with Crippen molar-refractivity contribution in [1.29, 1.82) is 0 Å². The predicted octanol–water partition coefficient (Wildman–Crippen LogP) is 8.47. The third kappa shape index (κ3) is 8.80. The Morgan fingerprint density at radius 1 is 0.976 bits per heavy atom. The van der Waals surface area contributed by atoms with E-state index in [0.29, 0.717) is 45.3 Å². The van der Waals surface area contributed by atoms with Crippen molar-refractivity contribution in [1.82, 2.24) is 4.57 Å². The summed E-state index contributed by atoms with van der Waals surface area (Å²) in [5.74, 6) is 0.501. The van der Waals surface area contributed by atoms with Crippen LogP contribution >= 0.6 is 46.4 Å². The number of imidazole rings is 1. The zero-order valence-electron chi connectivity index (χ0n) is 24.2. The molecular weight excluding hydrogens is 638 g/mol. The first-order valence-electron chi connectivity index (χ1n) is 14.2. The van der Waals surface area contributed by atoms with Gasteiger partial charge in [-0.1, -0.05) is 79.2 Å². The molecule has 0 atom stereocenters. The van der Waals surface area contributed by atoms with E-state index in [9.17, 15) is 13.0 Å². The molecule has 12 heteroatoms. The number of nitrogens with zero attached hydrogens (tertiary/aromatic N) is 3. The summed E-state index contributed by atoms with van der Waals surface area (Å²) >= 11 is 25.4. The number of allylic oxidation sites excluding steroid dienone is 3. The number of hydrogen-bond acceptors (Lipinski definition) is 5. The molecule has 0 fully saturated rings. The third-order valence-corrected chi connectivity index (χ3v) is 9.32. The molecule has 0 spiro atoms. The van der Waals surface area contributed by atoms with Gasteiger partial charge in [0.2, 0.25) is 0 Å². The van der Waals surface area contributed by atoms with Gasteiger partial charge in [-0.3, -0.25) is 0 Å². The number of fused-ring (bicyclic) bond motifs is 1. The van der Waals surface area contributed by atoms with Crippen molar-refractivity contribution >= 4 is 85.0 Å². The predicted molar refractivity (Wildman–Crippen MR) is 177 cm³/mol. The number of hydrogen-bond donors (Lipinski definition) is 1. The second kappa shape index (κ2) is 15.7. The molecule has 0 aliphatic heterocycles. The number of unbranched alkanes of at least 4 members (excludes halogenated alkanes) is 3. The van der Waals surface area contributed by atoms with Crippen LogP contribution in [0.5, 0.6) is 0 Å². The van der Waals surface area contributed by atoms with Gasteiger partial charge in [0.15, 0.2) is 11.0 Å². The van der Waals surface area contributed by atoms with E-state index in [0.717, 1.165) is 60.5 Å². The second-order valence-electron chi connectivity index (χ2n) is 10.0. The minimum Gasteiger partial charge on any atom is -0.748 e. The molecule has 0 saturated carbocycles. The number of anilines is 2. The van der Waals surface area contributed by atoms with Crippen LogP contribution in [0, 0.1) is 0 Å². The lowest BCUT2D eigenvalue weighted by molar-refractivity contribution is -0.674. The molecule has 2 aromatic carbocycles. The zero-order valence-corrected chi connectivity index (χ0v) is 28.0. The second-order valence-corrected chi connectivity index (χ2v) is 13.2. The highest BCUT2D eigenvalue weighted by molar-refractivity contribution is 7.85. The molecule has 1 aromatic heterocycles. The number of nitrogens with two attached hydrogens (primary N) is 1. The summed E-state index contributed by atoms with van der Waals surface area (Å²) in [4.78, 5) is 2.20. The fourth-order valence-corrected chi connectivity index (χ4v) is 6.22. The molecule has 0 bridgehead atoms. The van der Waals surface area contributed by atoms with Crippen LogP contribution in [-0.2, 0) is 23.2 Å². The molecule has 1 heterocycles. The third-order valence-electron chi connectivity index (χ3n) is 7.08. The maximum atomic E-state index is 11.1. The molecule has 3 rings (SSSR count). The summed E-state index contributed by atoms with van der Waals surface area (Å²) in [6.07, 6.45) is 10.8. The number of aromatic nitrogens is 2. The Morgan fingerprint density at radius 3 is 2.29 bits per heavy atom. The minimum absolute atomic E-state index is 0.264. The molecular formula is C30H38Cl4N4O3S. The summed E-state index contributed by atoms with van der Waals surface area (Å²) < 4.78 is 37.6. The summed E-state index contributed by atoms with van der Waals surface area (Å²) in [7, 11) is -4.27. The SMILES string of the molecule is CCCCCN(C(=C/C=C/c1n(CC)c2cc(Cl)c(Cl)cc2[n+]1CCCCS(=O)(=O)[O-])CC)c1cc(Cl)c(Cl)cc1N. The Hall–Kier alpha value is -1.94. The van der Waals surface area contributed by atoms with Crippen LogP contribution in [0.3, 0.4) is 0 Å². The molecule has 3 aromatic rings. The fourth-order valence-electron chi connectivity index (χ4n) is 5.01. The van der Waals surface area contributed by atoms with Crippen molar-refractivity contribution in [2.24, 2.45) is 0 Å². The first-order chi connectivity index (χ1) is 19.9. The number of benzene rings is 2. The first-order valence-corrected chi connectivity index (χ1v) is 17.2. The van der Waals surface area contributed by atoms with Gasteiger partial charge in [0.1, 0.15) is 0 Å². The largest absolute Gasteiger partial charge is 0.748 e. The minimum atomic E-state index is -4.27. The molecule has 2 N–H and O–H groups in total. The van der Waals surface area contributed by atoms with Gasteiger partial charge in [0.25, 0.3) is 5.82 Å². The Kier molecular flexibility index (Phi) is 12.9. The van der Waals surface area contributed by atoms with Crippen molar-refractivity contribution in [3.63, 3.8) is 0 Å². The van der Waals surface area contributed by atoms with Crippen molar-refractivity contribution in [3.05, 3.63) is 68.0 Å². The molecule has 7 nitrogen and oxygen atoms in total. The Morgan fingerprint density at radius 2 is 1.64 bits per heavy atom. The highest BCUT2D eigenvalue weighted by atomic mass is 35.5. The summed E-state index contributed by atoms with van der Waals surface area (Å²) in [6, 6.07) is 7.17. The lowest BCUT2D eigenvalue weighted by atomic mass is 10.1. The van der Waals surface area contributed by atoms with Crippen molar-refractivity contribution in [2.45, 2.75) is 72.4 Å². The van der Waals surface area contributed by atoms with Gasteiger partial charge in [0, 0.05) is 36.2 Å². The summed E-state index contributed by atoms with van der Waals surface area (Å²) in [5, 5.41) is 1.74. The maximum absolute atomic E-state index is 11.1. The standard InChI is InChI=1S/C30H38Cl4N4O3S/c1-4-7-8-14-37(27-18-23(32)22(31)17-26(27)35)21(5-2)12-11-13-30-36(6-3)28-19-24(33)25(34)20-29(28)38(30)15-9-10-16-42(39,40)41/h11-13,17-20H,4-10,14-16,35H2,1-3H3. The quantitative estimate of drug-likeness (QED) is 0.0573. The van der Waals surface area contributed by atoms with E-state index in [2.05, 4.69) is 34.0 Å². The van der Waals surface area contributed by atoms with Crippen molar-refractivity contribution in [2.75, 3.05) is 22.9 Å². The van der Waals surface area contributed by atoms with Gasteiger partial charge < -0.3 is 15.2 Å². The van der Waals surface area contributed by atoms with E-state index >= 15 is 0 Å². The fraction of sp³-hybridized carbons (Fsp3) is 0.433. The van der Waals surface area contributed by atoms with E-state index in [-0.39, 0.29) is 6.42 Å². The van der Waals surface area contributed by atoms with Gasteiger partial charge in [0.05, 0.1) is 54.7 Å². The average molecular weight is 677 g/mol. The molecule has 0 unspecified atom stereocenters. The van der Waals surface area contributed by atoms with Crippen LogP contribution in [0.15, 0.2) is 42.1 Å². The highest BCUT2D eigenvalue weighted by Crippen LogP contribution is 2.36. The van der Waals surface area contributed by atoms with Crippen LogP contribution < -0.4 is 15.2 Å². The molecule has 0 aliphatic carbocycles. The number of aryl methyl sites for hydroxylation is 2. The molecule has 42 heavy (non-hydrogen) atoms. The number of halogens is 4. The van der Waals surface area contributed by atoms with Gasteiger partial charge in [-0.05, 0) is 50.8 Å². The highest BCUT2D eigenvalue weighted by Gasteiger charge is 2.24. The van der Waals surface area contributed by atoms with Crippen molar-refractivity contribution < 1.29 is 17.5 Å². The van der Waals surface area contributed by atoms with E-state index in [4.69, 9.17) is 52.1 Å². The van der Waals surface area contributed by atoms with Gasteiger partial charge in [-0.15, -0.1) is 0 Å². The van der Waals surface area contributed by atoms with Crippen LogP contribution in [-0.4, -0.2) is 29.8 Å². The number of nitrogen functional groups attached to an aromatic ring is 1. The lowest BCUT2D eigenvalue weighted by Gasteiger charge is -2.29. The van der Waals surface area contributed by atoms with Crippen molar-refractivity contribution in [3.8, 4) is 0 Å². The molecule has 0 radical (unpaired) electrons. The lowest BCUT2D eigenvalue weighted by Crippen LogP contribution is -2.36. The summed E-state index contributed by atoms with van der Waals surface area (Å²) in [5.41, 5.74) is 10.6. The Bertz CT molecular complexity index is 1570. The number of rotatable bonds is 15. The normalized spacial score (nSPS) is 12.6. The van der Waals surface area contributed by atoms with E-state index < -0.39 is 15.9 Å². The maximum Gasteiger partial charge on any atom is 0.282 e. The van der Waals surface area contributed by atoms with Gasteiger partial charge in [-0.25, -0.2) is 17.6 Å². The molecule has 230 valence electrons. The summed E-state index contributed by atoms with van der Waals surface area (Å²) in [6.45, 7) is 8.26. The van der Waals surface area contributed by atoms with Gasteiger partial charge in [-0.2, -0.15) is 0 Å². The Labute approximate surface area is 269 Å². The van der Waals surface area contributed by atoms with Crippen LogP contribution in [0.1, 0.15) is 65.1 Å². The van der Waals surface area contributed by atoms with Crippen LogP contribution in [0.4, 0.5) is 11.4 Å². The van der Waals surface area contributed by atoms with Crippen LogP contribution in [0.2, 0.25) is 20.1 Å². The smallest absolute Gasteiger partial charge is 0.282 e. The molecule has 0 aliphatic rings. The van der Waals surface area contributed by atoms with E-state index in [1.54, 1.807) is 6.07 Å². The van der Waals surface area contributed by atoms with Crippen LogP contribution in [0.25, 0.3) is 17.1 Å². The Balaban J connectivity index is 2.07. The zero-order chi connectivity index (χ0) is 31.0.